The van der Waals surface area contributed by atoms with E-state index in [9.17, 15) is 33.9 Å². The molecular weight excluding hydrogens is 556 g/mol. The van der Waals surface area contributed by atoms with Crippen molar-refractivity contribution in [2.45, 2.75) is 62.7 Å². The van der Waals surface area contributed by atoms with Crippen LogP contribution in [0.25, 0.3) is 10.9 Å². The minimum Gasteiger partial charge on any atom is -0.481 e. The maximum atomic E-state index is 13.2. The van der Waals surface area contributed by atoms with Crippen molar-refractivity contribution in [1.82, 2.24) is 20.9 Å². The average molecular weight is 593 g/mol. The molecule has 10 N–H and O–H groups in total. The molecule has 1 heterocycles. The second-order valence-corrected chi connectivity index (χ2v) is 10.4. The molecule has 0 aliphatic carbocycles. The van der Waals surface area contributed by atoms with Crippen LogP contribution in [0.5, 0.6) is 0 Å². The van der Waals surface area contributed by atoms with E-state index in [0.29, 0.717) is 5.75 Å². The second-order valence-electron chi connectivity index (χ2n) is 9.41. The number of carboxylic acid groups (broad SMARTS) is 2. The summed E-state index contributed by atoms with van der Waals surface area (Å²) < 4.78 is 0. The van der Waals surface area contributed by atoms with Gasteiger partial charge in [0.2, 0.25) is 23.6 Å². The fourth-order valence-electron chi connectivity index (χ4n) is 4.04. The molecule has 0 saturated heterocycles. The lowest BCUT2D eigenvalue weighted by Crippen LogP contribution is -2.57. The number of carbonyl (C=O) groups excluding carboxylic acids is 4. The van der Waals surface area contributed by atoms with Crippen LogP contribution in [0.4, 0.5) is 0 Å². The normalized spacial score (nSPS) is 13.9. The van der Waals surface area contributed by atoms with Gasteiger partial charge in [-0.2, -0.15) is 11.8 Å². The van der Waals surface area contributed by atoms with Crippen molar-refractivity contribution in [1.29, 1.82) is 0 Å². The minimum atomic E-state index is -1.43. The molecule has 4 atom stereocenters. The Hall–Kier alpha value is -4.11. The molecule has 4 amide bonds. The van der Waals surface area contributed by atoms with Crippen LogP contribution in [0.2, 0.25) is 0 Å². The lowest BCUT2D eigenvalue weighted by Gasteiger charge is -2.25. The molecule has 0 radical (unpaired) electrons. The molecule has 2 rings (SSSR count). The Morgan fingerprint density at radius 3 is 2.05 bits per heavy atom. The van der Waals surface area contributed by atoms with Gasteiger partial charge in [0.15, 0.2) is 0 Å². The summed E-state index contributed by atoms with van der Waals surface area (Å²) in [5.74, 6) is -5.32. The van der Waals surface area contributed by atoms with Gasteiger partial charge in [0.25, 0.3) is 0 Å². The lowest BCUT2D eigenvalue weighted by molar-refractivity contribution is -0.143. The number of hydrogen-bond acceptors (Lipinski definition) is 8. The molecule has 224 valence electrons. The Kier molecular flexibility index (Phi) is 13.1. The maximum Gasteiger partial charge on any atom is 0.326 e. The largest absolute Gasteiger partial charge is 0.481 e. The standard InChI is InChI=1S/C26H36N6O8S/c1-41-11-10-20(26(39)40)32-25(38)19(7-9-22(34)35)31-24(37)18(6-8-21(28)33)30-23(36)16(27)12-14-13-29-17-5-3-2-4-15(14)17/h2-5,13,16,18-20,29H,6-12,27H2,1H3,(H2,28,33)(H,30,36)(H,31,37)(H,32,38)(H,34,35)(H,39,40). The van der Waals surface area contributed by atoms with Crippen molar-refractivity contribution in [3.05, 3.63) is 36.0 Å². The molecule has 2 aromatic rings. The average Bonchev–Trinajstić information content (AvgIpc) is 3.32. The van der Waals surface area contributed by atoms with E-state index >= 15 is 0 Å². The number of para-hydroxylation sites is 1. The van der Waals surface area contributed by atoms with Gasteiger partial charge in [0.1, 0.15) is 18.1 Å². The Balaban J connectivity index is 2.16. The molecular formula is C26H36N6O8S. The van der Waals surface area contributed by atoms with Crippen LogP contribution in [0, 0.1) is 0 Å². The Bertz CT molecular complexity index is 1250. The number of thioether (sulfide) groups is 1. The Morgan fingerprint density at radius 1 is 0.878 bits per heavy atom. The third-order valence-corrected chi connectivity index (χ3v) is 6.91. The summed E-state index contributed by atoms with van der Waals surface area (Å²) in [5.41, 5.74) is 13.0. The van der Waals surface area contributed by atoms with Gasteiger partial charge in [-0.05, 0) is 49.3 Å². The van der Waals surface area contributed by atoms with Crippen molar-refractivity contribution in [2.75, 3.05) is 12.0 Å². The molecule has 0 spiro atoms. The van der Waals surface area contributed by atoms with Gasteiger partial charge in [-0.3, -0.25) is 24.0 Å². The molecule has 0 aliphatic rings. The molecule has 14 nitrogen and oxygen atoms in total. The zero-order valence-corrected chi connectivity index (χ0v) is 23.4. The number of amides is 4. The summed E-state index contributed by atoms with van der Waals surface area (Å²) in [6.07, 6.45) is 2.38. The first-order chi connectivity index (χ1) is 19.4. The highest BCUT2D eigenvalue weighted by atomic mass is 32.2. The summed E-state index contributed by atoms with van der Waals surface area (Å²) in [6.45, 7) is 0. The molecule has 1 aromatic carbocycles. The molecule has 0 aliphatic heterocycles. The van der Waals surface area contributed by atoms with Crippen LogP contribution in [0.3, 0.4) is 0 Å². The van der Waals surface area contributed by atoms with E-state index in [1.807, 2.05) is 24.3 Å². The van der Waals surface area contributed by atoms with E-state index in [-0.39, 0.29) is 32.1 Å². The number of aromatic amines is 1. The minimum absolute atomic E-state index is 0.105. The number of rotatable bonds is 18. The highest BCUT2D eigenvalue weighted by molar-refractivity contribution is 7.98. The number of carbonyl (C=O) groups is 6. The van der Waals surface area contributed by atoms with E-state index in [1.54, 1.807) is 12.5 Å². The number of carboxylic acids is 2. The maximum absolute atomic E-state index is 13.2. The van der Waals surface area contributed by atoms with Gasteiger partial charge in [-0.1, -0.05) is 18.2 Å². The predicted molar refractivity (Wildman–Crippen MR) is 152 cm³/mol. The van der Waals surface area contributed by atoms with Crippen molar-refractivity contribution < 1.29 is 39.0 Å². The monoisotopic (exact) mass is 592 g/mol. The fraction of sp³-hybridized carbons (Fsp3) is 0.462. The Labute approximate surface area is 240 Å². The van der Waals surface area contributed by atoms with E-state index < -0.39 is 66.2 Å². The first kappa shape index (κ1) is 33.1. The number of benzene rings is 1. The van der Waals surface area contributed by atoms with Crippen molar-refractivity contribution in [2.24, 2.45) is 11.5 Å². The summed E-state index contributed by atoms with van der Waals surface area (Å²) in [4.78, 5) is 76.3. The third-order valence-electron chi connectivity index (χ3n) is 6.27. The number of hydrogen-bond donors (Lipinski definition) is 8. The highest BCUT2D eigenvalue weighted by Gasteiger charge is 2.31. The van der Waals surface area contributed by atoms with Crippen LogP contribution in [0.15, 0.2) is 30.5 Å². The highest BCUT2D eigenvalue weighted by Crippen LogP contribution is 2.19. The molecule has 0 fully saturated rings. The number of aliphatic carboxylic acids is 2. The summed E-state index contributed by atoms with van der Waals surface area (Å²) >= 11 is 1.38. The van der Waals surface area contributed by atoms with Gasteiger partial charge in [-0.15, -0.1) is 0 Å². The number of aromatic nitrogens is 1. The zero-order chi connectivity index (χ0) is 30.5. The first-order valence-electron chi connectivity index (χ1n) is 12.9. The number of primary amides is 1. The second kappa shape index (κ2) is 16.2. The molecule has 0 saturated carbocycles. The SMILES string of the molecule is CSCCC(NC(=O)C(CCC(=O)O)NC(=O)C(CCC(N)=O)NC(=O)C(N)Cc1c[nH]c2ccccc12)C(=O)O. The first-order valence-corrected chi connectivity index (χ1v) is 14.3. The van der Waals surface area contributed by atoms with Crippen molar-refractivity contribution in [3.63, 3.8) is 0 Å². The number of nitrogens with two attached hydrogens (primary N) is 2. The number of H-pyrrole nitrogens is 1. The van der Waals surface area contributed by atoms with Gasteiger partial charge in [-0.25, -0.2) is 4.79 Å². The number of fused-ring (bicyclic) bond motifs is 1. The zero-order valence-electron chi connectivity index (χ0n) is 22.6. The van der Waals surface area contributed by atoms with Gasteiger partial charge >= 0.3 is 11.9 Å². The van der Waals surface area contributed by atoms with Gasteiger partial charge < -0.3 is 42.6 Å². The number of nitrogens with one attached hydrogen (secondary N) is 4. The summed E-state index contributed by atoms with van der Waals surface area (Å²) in [7, 11) is 0. The summed E-state index contributed by atoms with van der Waals surface area (Å²) in [6, 6.07) is 2.34. The van der Waals surface area contributed by atoms with Crippen molar-refractivity contribution in [3.8, 4) is 0 Å². The van der Waals surface area contributed by atoms with E-state index in [0.717, 1.165) is 16.5 Å². The van der Waals surface area contributed by atoms with Crippen molar-refractivity contribution >= 4 is 58.2 Å². The molecule has 0 bridgehead atoms. The van der Waals surface area contributed by atoms with Crippen LogP contribution in [0.1, 0.15) is 37.7 Å². The Morgan fingerprint density at radius 2 is 1.46 bits per heavy atom. The van der Waals surface area contributed by atoms with Crippen LogP contribution in [-0.4, -0.2) is 86.9 Å². The van der Waals surface area contributed by atoms with Crippen LogP contribution in [-0.2, 0) is 35.2 Å². The smallest absolute Gasteiger partial charge is 0.326 e. The van der Waals surface area contributed by atoms with Crippen LogP contribution < -0.4 is 27.4 Å². The van der Waals surface area contributed by atoms with E-state index in [2.05, 4.69) is 20.9 Å². The lowest BCUT2D eigenvalue weighted by atomic mass is 10.0. The van der Waals surface area contributed by atoms with Gasteiger partial charge in [0.05, 0.1) is 6.04 Å². The van der Waals surface area contributed by atoms with E-state index in [1.165, 1.54) is 11.8 Å². The van der Waals surface area contributed by atoms with Gasteiger partial charge in [0, 0.05) is 29.9 Å². The van der Waals surface area contributed by atoms with E-state index in [4.69, 9.17) is 16.6 Å². The molecule has 4 unspecified atom stereocenters. The van der Waals surface area contributed by atoms with Crippen LogP contribution >= 0.6 is 11.8 Å². The topological polar surface area (TPSA) is 247 Å². The quantitative estimate of drug-likeness (QED) is 0.110. The summed E-state index contributed by atoms with van der Waals surface area (Å²) in [5, 5.41) is 26.6. The fourth-order valence-corrected chi connectivity index (χ4v) is 4.51. The molecule has 1 aromatic heterocycles. The molecule has 15 heteroatoms. The molecule has 41 heavy (non-hydrogen) atoms. The third kappa shape index (κ3) is 10.8. The predicted octanol–water partition coefficient (Wildman–Crippen LogP) is -0.540.